The molecule has 0 amide bonds. The number of aryl methyl sites for hydroxylation is 1. The van der Waals surface area contributed by atoms with Gasteiger partial charge in [-0.25, -0.2) is 0 Å². The number of nitrogens with zero attached hydrogens (tertiary/aromatic N) is 1. The van der Waals surface area contributed by atoms with Crippen LogP contribution in [-0.2, 0) is 6.54 Å². The highest BCUT2D eigenvalue weighted by atomic mass is 16.3. The van der Waals surface area contributed by atoms with Crippen LogP contribution in [0.3, 0.4) is 0 Å². The highest BCUT2D eigenvalue weighted by Gasteiger charge is 2.08. The van der Waals surface area contributed by atoms with Crippen molar-refractivity contribution in [3.63, 3.8) is 0 Å². The Hall–Kier alpha value is -0.800. The Bertz CT molecular complexity index is 252. The quantitative estimate of drug-likeness (QED) is 0.755. The van der Waals surface area contributed by atoms with Gasteiger partial charge in [0.05, 0.1) is 19.4 Å². The summed E-state index contributed by atoms with van der Waals surface area (Å²) in [6, 6.07) is 1.97. The fourth-order valence-electron chi connectivity index (χ4n) is 1.50. The molecule has 3 heteroatoms. The molecule has 3 nitrogen and oxygen atoms in total. The summed E-state index contributed by atoms with van der Waals surface area (Å²) < 4.78 is 5.36. The van der Waals surface area contributed by atoms with Gasteiger partial charge in [0.25, 0.3) is 0 Å². The molecule has 0 fully saturated rings. The van der Waals surface area contributed by atoms with Crippen LogP contribution >= 0.6 is 0 Å². The molecule has 0 radical (unpaired) electrons. The maximum absolute atomic E-state index is 8.89. The number of aliphatic hydroxyl groups excluding tert-OH is 1. The molecule has 0 spiro atoms. The van der Waals surface area contributed by atoms with E-state index in [9.17, 15) is 0 Å². The zero-order chi connectivity index (χ0) is 10.4. The summed E-state index contributed by atoms with van der Waals surface area (Å²) in [7, 11) is 0. The largest absolute Gasteiger partial charge is 0.468 e. The minimum absolute atomic E-state index is 0.208. The molecule has 0 aliphatic rings. The van der Waals surface area contributed by atoms with Gasteiger partial charge >= 0.3 is 0 Å². The van der Waals surface area contributed by atoms with Gasteiger partial charge in [0.1, 0.15) is 5.76 Å². The van der Waals surface area contributed by atoms with Crippen molar-refractivity contribution in [2.75, 3.05) is 19.7 Å². The lowest BCUT2D eigenvalue weighted by Crippen LogP contribution is -2.27. The highest BCUT2D eigenvalue weighted by molar-refractivity contribution is 5.14. The predicted molar refractivity (Wildman–Crippen MR) is 56.1 cm³/mol. The molecule has 80 valence electrons. The first-order valence-electron chi connectivity index (χ1n) is 5.14. The summed E-state index contributed by atoms with van der Waals surface area (Å²) in [5.41, 5.74) is 1.18. The fourth-order valence-corrected chi connectivity index (χ4v) is 1.50. The molecular weight excluding hydrogens is 178 g/mol. The lowest BCUT2D eigenvalue weighted by atomic mass is 10.2. The van der Waals surface area contributed by atoms with E-state index in [1.54, 1.807) is 6.26 Å². The molecule has 0 aliphatic carbocycles. The Balaban J connectivity index is 2.50. The average molecular weight is 197 g/mol. The van der Waals surface area contributed by atoms with E-state index in [0.717, 1.165) is 25.3 Å². The first-order chi connectivity index (χ1) is 6.77. The summed E-state index contributed by atoms with van der Waals surface area (Å²) >= 11 is 0. The van der Waals surface area contributed by atoms with Gasteiger partial charge in [-0.2, -0.15) is 0 Å². The Morgan fingerprint density at radius 3 is 2.71 bits per heavy atom. The lowest BCUT2D eigenvalue weighted by molar-refractivity contribution is 0.180. The van der Waals surface area contributed by atoms with Gasteiger partial charge in [0.15, 0.2) is 0 Å². The van der Waals surface area contributed by atoms with E-state index >= 15 is 0 Å². The number of hydrogen-bond acceptors (Lipinski definition) is 3. The Kier molecular flexibility index (Phi) is 4.70. The monoisotopic (exact) mass is 197 g/mol. The minimum Gasteiger partial charge on any atom is -0.468 e. The third kappa shape index (κ3) is 3.16. The minimum atomic E-state index is 0.208. The smallest absolute Gasteiger partial charge is 0.120 e. The van der Waals surface area contributed by atoms with Crippen molar-refractivity contribution < 1.29 is 9.52 Å². The van der Waals surface area contributed by atoms with Crippen LogP contribution < -0.4 is 0 Å². The summed E-state index contributed by atoms with van der Waals surface area (Å²) in [5, 5.41) is 8.89. The average Bonchev–Trinajstić information content (AvgIpc) is 2.53. The molecule has 0 atom stereocenters. The molecule has 14 heavy (non-hydrogen) atoms. The van der Waals surface area contributed by atoms with Gasteiger partial charge in [-0.15, -0.1) is 0 Å². The molecule has 0 aliphatic heterocycles. The topological polar surface area (TPSA) is 36.6 Å². The molecule has 0 saturated heterocycles. The van der Waals surface area contributed by atoms with Crippen LogP contribution in [0.15, 0.2) is 16.7 Å². The maximum Gasteiger partial charge on any atom is 0.120 e. The molecule has 1 N–H and O–H groups in total. The molecule has 1 aromatic heterocycles. The summed E-state index contributed by atoms with van der Waals surface area (Å²) in [6.07, 6.45) is 2.81. The van der Waals surface area contributed by atoms with E-state index in [1.807, 2.05) is 13.0 Å². The zero-order valence-electron chi connectivity index (χ0n) is 8.99. The lowest BCUT2D eigenvalue weighted by Gasteiger charge is -2.19. The van der Waals surface area contributed by atoms with Crippen molar-refractivity contribution in [2.45, 2.75) is 26.8 Å². The van der Waals surface area contributed by atoms with E-state index in [0.29, 0.717) is 6.54 Å². The van der Waals surface area contributed by atoms with Crippen molar-refractivity contribution in [2.24, 2.45) is 0 Å². The van der Waals surface area contributed by atoms with Crippen molar-refractivity contribution in [1.82, 2.24) is 4.90 Å². The third-order valence-electron chi connectivity index (χ3n) is 2.29. The van der Waals surface area contributed by atoms with Gasteiger partial charge in [0.2, 0.25) is 0 Å². The second-order valence-electron chi connectivity index (χ2n) is 3.53. The van der Waals surface area contributed by atoms with Gasteiger partial charge in [-0.3, -0.25) is 4.90 Å². The summed E-state index contributed by atoms with van der Waals surface area (Å²) in [5.74, 6) is 1.01. The van der Waals surface area contributed by atoms with Crippen LogP contribution in [0.4, 0.5) is 0 Å². The number of rotatable bonds is 6. The summed E-state index contributed by atoms with van der Waals surface area (Å²) in [4.78, 5) is 2.20. The predicted octanol–water partition coefficient (Wildman–Crippen LogP) is 1.79. The molecule has 0 unspecified atom stereocenters. The van der Waals surface area contributed by atoms with Crippen LogP contribution in [0.1, 0.15) is 24.7 Å². The standard InChI is InChI=1S/C11H19NO2/c1-3-5-12(6-7-13)9-11-10(2)4-8-14-11/h4,8,13H,3,5-7,9H2,1-2H3. The molecule has 1 heterocycles. The van der Waals surface area contributed by atoms with Crippen LogP contribution in [0.25, 0.3) is 0 Å². The van der Waals surface area contributed by atoms with E-state index in [-0.39, 0.29) is 6.61 Å². The van der Waals surface area contributed by atoms with Gasteiger partial charge in [0, 0.05) is 6.54 Å². The van der Waals surface area contributed by atoms with Crippen LogP contribution in [0.2, 0.25) is 0 Å². The normalized spacial score (nSPS) is 11.1. The molecule has 0 bridgehead atoms. The molecule has 1 rings (SSSR count). The van der Waals surface area contributed by atoms with E-state index in [4.69, 9.17) is 9.52 Å². The molecule has 0 saturated carbocycles. The second-order valence-corrected chi connectivity index (χ2v) is 3.53. The van der Waals surface area contributed by atoms with Gasteiger partial charge < -0.3 is 9.52 Å². The number of aliphatic hydroxyl groups is 1. The Labute approximate surface area is 85.3 Å². The molecule has 0 aromatic carbocycles. The SMILES string of the molecule is CCCN(CCO)Cc1occc1C. The number of hydrogen-bond donors (Lipinski definition) is 1. The van der Waals surface area contributed by atoms with Crippen molar-refractivity contribution in [3.05, 3.63) is 23.7 Å². The van der Waals surface area contributed by atoms with Gasteiger partial charge in [-0.05, 0) is 31.5 Å². The summed E-state index contributed by atoms with van der Waals surface area (Å²) in [6.45, 7) is 6.91. The maximum atomic E-state index is 8.89. The second kappa shape index (κ2) is 5.83. The number of furan rings is 1. The van der Waals surface area contributed by atoms with Crippen LogP contribution in [0, 0.1) is 6.92 Å². The van der Waals surface area contributed by atoms with E-state index in [1.165, 1.54) is 5.56 Å². The van der Waals surface area contributed by atoms with Crippen LogP contribution in [-0.4, -0.2) is 29.7 Å². The fraction of sp³-hybridized carbons (Fsp3) is 0.636. The van der Waals surface area contributed by atoms with Crippen LogP contribution in [0.5, 0.6) is 0 Å². The zero-order valence-corrected chi connectivity index (χ0v) is 8.99. The van der Waals surface area contributed by atoms with E-state index < -0.39 is 0 Å². The van der Waals surface area contributed by atoms with Crippen molar-refractivity contribution in [3.8, 4) is 0 Å². The molecule has 1 aromatic rings. The third-order valence-corrected chi connectivity index (χ3v) is 2.29. The Morgan fingerprint density at radius 2 is 2.21 bits per heavy atom. The van der Waals surface area contributed by atoms with E-state index in [2.05, 4.69) is 11.8 Å². The van der Waals surface area contributed by atoms with Crippen molar-refractivity contribution >= 4 is 0 Å². The first kappa shape index (κ1) is 11.3. The Morgan fingerprint density at radius 1 is 1.43 bits per heavy atom. The first-order valence-corrected chi connectivity index (χ1v) is 5.14. The van der Waals surface area contributed by atoms with Gasteiger partial charge in [-0.1, -0.05) is 6.92 Å². The highest BCUT2D eigenvalue weighted by Crippen LogP contribution is 2.11. The molecular formula is C11H19NO2. The van der Waals surface area contributed by atoms with Crippen molar-refractivity contribution in [1.29, 1.82) is 0 Å².